The Morgan fingerprint density at radius 2 is 1.65 bits per heavy atom. The standard InChI is InChI=1S/C23H18F7N3O3S/c24-15-2-5-18(6-3-15)37(35,36)19-7-1-13(19)9-17(34)10-14-12-33(32-21(14)23(28,29)30)16-4-8-20(31-11-16)22(25,26)27/h2-6,8,11-13,19H,1,7,9-10H2/t13-,19-/m0/s1. The molecule has 0 spiro atoms. The van der Waals surface area contributed by atoms with Gasteiger partial charge in [-0.3, -0.25) is 4.79 Å². The third kappa shape index (κ3) is 5.68. The third-order valence-electron chi connectivity index (χ3n) is 6.13. The Hall–Kier alpha value is -3.29. The predicted octanol–water partition coefficient (Wildman–Crippen LogP) is 5.20. The number of alkyl halides is 6. The molecule has 0 amide bonds. The normalized spacial score (nSPS) is 18.5. The Kier molecular flexibility index (Phi) is 6.90. The minimum Gasteiger partial charge on any atom is -0.299 e. The molecule has 1 fully saturated rings. The monoisotopic (exact) mass is 549 g/mol. The Labute approximate surface area is 206 Å². The van der Waals surface area contributed by atoms with Crippen molar-refractivity contribution in [2.24, 2.45) is 5.92 Å². The summed E-state index contributed by atoms with van der Waals surface area (Å²) in [5.41, 5.74) is -3.30. The van der Waals surface area contributed by atoms with E-state index in [9.17, 15) is 43.9 Å². The van der Waals surface area contributed by atoms with Crippen molar-refractivity contribution in [1.29, 1.82) is 0 Å². The van der Waals surface area contributed by atoms with Crippen molar-refractivity contribution in [2.45, 2.75) is 48.2 Å². The van der Waals surface area contributed by atoms with Crippen molar-refractivity contribution in [3.63, 3.8) is 0 Å². The molecule has 0 unspecified atom stereocenters. The second kappa shape index (κ2) is 9.54. The molecule has 0 aliphatic heterocycles. The van der Waals surface area contributed by atoms with Crippen LogP contribution in [0, 0.1) is 11.7 Å². The van der Waals surface area contributed by atoms with E-state index in [-0.39, 0.29) is 23.4 Å². The van der Waals surface area contributed by atoms with Crippen LogP contribution in [0.3, 0.4) is 0 Å². The van der Waals surface area contributed by atoms with Gasteiger partial charge in [-0.1, -0.05) is 0 Å². The number of hydrogen-bond acceptors (Lipinski definition) is 5. The van der Waals surface area contributed by atoms with Crippen LogP contribution in [0.15, 0.2) is 53.7 Å². The van der Waals surface area contributed by atoms with E-state index in [4.69, 9.17) is 0 Å². The fourth-order valence-electron chi connectivity index (χ4n) is 4.16. The lowest BCUT2D eigenvalue weighted by atomic mass is 9.80. The van der Waals surface area contributed by atoms with Crippen LogP contribution < -0.4 is 0 Å². The molecule has 0 saturated heterocycles. The third-order valence-corrected chi connectivity index (χ3v) is 8.47. The van der Waals surface area contributed by atoms with E-state index < -0.39 is 68.3 Å². The largest absolute Gasteiger partial charge is 0.435 e. The topological polar surface area (TPSA) is 81.9 Å². The lowest BCUT2D eigenvalue weighted by Gasteiger charge is -2.35. The minimum atomic E-state index is -4.95. The number of aromatic nitrogens is 3. The van der Waals surface area contributed by atoms with Gasteiger partial charge in [-0.15, -0.1) is 0 Å². The van der Waals surface area contributed by atoms with Crippen molar-refractivity contribution in [3.05, 3.63) is 71.6 Å². The molecule has 2 heterocycles. The number of carbonyl (C=O) groups excluding carboxylic acids is 1. The molecule has 198 valence electrons. The first kappa shape index (κ1) is 26.8. The molecule has 0 N–H and O–H groups in total. The van der Waals surface area contributed by atoms with Crippen molar-refractivity contribution in [1.82, 2.24) is 14.8 Å². The molecule has 37 heavy (non-hydrogen) atoms. The summed E-state index contributed by atoms with van der Waals surface area (Å²) < 4.78 is 118. The fraction of sp³-hybridized carbons (Fsp3) is 0.348. The summed E-state index contributed by atoms with van der Waals surface area (Å²) in [7, 11) is -3.87. The highest BCUT2D eigenvalue weighted by Gasteiger charge is 2.43. The summed E-state index contributed by atoms with van der Waals surface area (Å²) in [6.45, 7) is 0. The maximum atomic E-state index is 13.6. The van der Waals surface area contributed by atoms with Gasteiger partial charge in [0.2, 0.25) is 0 Å². The van der Waals surface area contributed by atoms with E-state index in [0.717, 1.165) is 36.5 Å². The zero-order chi connectivity index (χ0) is 27.2. The summed E-state index contributed by atoms with van der Waals surface area (Å²) in [4.78, 5) is 15.7. The number of Topliss-reactive ketones (excluding diaryl/α,β-unsaturated/α-hetero) is 1. The van der Waals surface area contributed by atoms with Gasteiger partial charge in [-0.2, -0.15) is 31.4 Å². The van der Waals surface area contributed by atoms with Gasteiger partial charge in [0, 0.05) is 24.6 Å². The van der Waals surface area contributed by atoms with Gasteiger partial charge < -0.3 is 0 Å². The van der Waals surface area contributed by atoms with Gasteiger partial charge in [0.15, 0.2) is 15.5 Å². The number of carbonyl (C=O) groups is 1. The van der Waals surface area contributed by atoms with Crippen LogP contribution in [0.1, 0.15) is 36.2 Å². The minimum absolute atomic E-state index is 0.109. The second-order valence-electron chi connectivity index (χ2n) is 8.64. The van der Waals surface area contributed by atoms with Gasteiger partial charge in [-0.25, -0.2) is 22.5 Å². The highest BCUT2D eigenvalue weighted by molar-refractivity contribution is 7.92. The number of halogens is 7. The number of rotatable bonds is 7. The number of ketones is 1. The fourth-order valence-corrected chi connectivity index (χ4v) is 6.21. The molecule has 6 nitrogen and oxygen atoms in total. The van der Waals surface area contributed by atoms with Crippen LogP contribution in [0.5, 0.6) is 0 Å². The molecule has 3 aromatic rings. The maximum Gasteiger partial charge on any atom is 0.435 e. The second-order valence-corrected chi connectivity index (χ2v) is 10.8. The van der Waals surface area contributed by atoms with Crippen LogP contribution >= 0.6 is 0 Å². The number of nitrogens with zero attached hydrogens (tertiary/aromatic N) is 3. The molecular formula is C23H18F7N3O3S. The maximum absolute atomic E-state index is 13.6. The van der Waals surface area contributed by atoms with E-state index in [1.807, 2.05) is 0 Å². The van der Waals surface area contributed by atoms with E-state index in [1.165, 1.54) is 0 Å². The van der Waals surface area contributed by atoms with Gasteiger partial charge in [0.1, 0.15) is 17.3 Å². The first-order valence-corrected chi connectivity index (χ1v) is 12.4. The molecule has 2 aromatic heterocycles. The average Bonchev–Trinajstić information content (AvgIpc) is 3.20. The van der Waals surface area contributed by atoms with Crippen LogP contribution in [0.2, 0.25) is 0 Å². The summed E-state index contributed by atoms with van der Waals surface area (Å²) in [6.07, 6.45) is -8.46. The molecule has 1 aliphatic rings. The average molecular weight is 549 g/mol. The van der Waals surface area contributed by atoms with Crippen molar-refractivity contribution in [2.75, 3.05) is 0 Å². The van der Waals surface area contributed by atoms with Gasteiger partial charge in [0.25, 0.3) is 0 Å². The Morgan fingerprint density at radius 1 is 0.973 bits per heavy atom. The van der Waals surface area contributed by atoms with Crippen molar-refractivity contribution < 1.29 is 43.9 Å². The van der Waals surface area contributed by atoms with Crippen molar-refractivity contribution >= 4 is 15.6 Å². The molecule has 14 heteroatoms. The van der Waals surface area contributed by atoms with Crippen LogP contribution in [-0.2, 0) is 33.4 Å². The Bertz CT molecular complexity index is 1400. The van der Waals surface area contributed by atoms with E-state index in [1.54, 1.807) is 0 Å². The smallest absolute Gasteiger partial charge is 0.299 e. The van der Waals surface area contributed by atoms with Gasteiger partial charge in [-0.05, 0) is 55.2 Å². The quantitative estimate of drug-likeness (QED) is 0.299. The molecule has 1 saturated carbocycles. The Balaban J connectivity index is 1.51. The number of pyridine rings is 1. The van der Waals surface area contributed by atoms with E-state index in [2.05, 4.69) is 10.1 Å². The molecule has 1 aliphatic carbocycles. The highest BCUT2D eigenvalue weighted by Crippen LogP contribution is 2.40. The van der Waals surface area contributed by atoms with Crippen LogP contribution in [0.4, 0.5) is 30.7 Å². The molecular weight excluding hydrogens is 531 g/mol. The van der Waals surface area contributed by atoms with Crippen LogP contribution in [0.25, 0.3) is 5.69 Å². The SMILES string of the molecule is O=C(Cc1cn(-c2ccc(C(F)(F)F)nc2)nc1C(F)(F)F)C[C@@H]1CC[C@@H]1S(=O)(=O)c1ccc(F)cc1. The number of sulfone groups is 1. The van der Waals surface area contributed by atoms with E-state index in [0.29, 0.717) is 23.4 Å². The predicted molar refractivity (Wildman–Crippen MR) is 115 cm³/mol. The van der Waals surface area contributed by atoms with Gasteiger partial charge >= 0.3 is 12.4 Å². The lowest BCUT2D eigenvalue weighted by molar-refractivity contribution is -0.142. The summed E-state index contributed by atoms with van der Waals surface area (Å²) >= 11 is 0. The highest BCUT2D eigenvalue weighted by atomic mass is 32.2. The summed E-state index contributed by atoms with van der Waals surface area (Å²) in [5.74, 6) is -1.89. The first-order valence-electron chi connectivity index (χ1n) is 10.9. The molecule has 2 atom stereocenters. The molecule has 0 bridgehead atoms. The Morgan fingerprint density at radius 3 is 2.16 bits per heavy atom. The molecule has 1 aromatic carbocycles. The zero-order valence-electron chi connectivity index (χ0n) is 18.7. The van der Waals surface area contributed by atoms with E-state index >= 15 is 0 Å². The zero-order valence-corrected chi connectivity index (χ0v) is 19.5. The summed E-state index contributed by atoms with van der Waals surface area (Å²) in [6, 6.07) is 5.70. The van der Waals surface area contributed by atoms with Crippen LogP contribution in [-0.4, -0.2) is 34.2 Å². The summed E-state index contributed by atoms with van der Waals surface area (Å²) in [5, 5.41) is 2.48. The van der Waals surface area contributed by atoms with Gasteiger partial charge in [0.05, 0.1) is 22.0 Å². The number of benzene rings is 1. The first-order chi connectivity index (χ1) is 17.2. The molecule has 4 rings (SSSR count). The lowest BCUT2D eigenvalue weighted by Crippen LogP contribution is -2.40. The molecule has 0 radical (unpaired) electrons. The number of hydrogen-bond donors (Lipinski definition) is 0. The van der Waals surface area contributed by atoms with Crippen molar-refractivity contribution in [3.8, 4) is 5.69 Å².